The van der Waals surface area contributed by atoms with Crippen molar-refractivity contribution in [2.24, 2.45) is 0 Å². The number of rotatable bonds is 5. The number of hydrogen-bond acceptors (Lipinski definition) is 2. The highest BCUT2D eigenvalue weighted by molar-refractivity contribution is 9.10. The van der Waals surface area contributed by atoms with Crippen molar-refractivity contribution in [3.63, 3.8) is 0 Å². The summed E-state index contributed by atoms with van der Waals surface area (Å²) in [6, 6.07) is 23.1. The number of hydrogen-bond donors (Lipinski definition) is 0. The third kappa shape index (κ3) is 3.84. The number of thioether (sulfide) groups is 1. The minimum absolute atomic E-state index is 0.214. The van der Waals surface area contributed by atoms with Gasteiger partial charge in [0.25, 0.3) is 0 Å². The molecule has 0 saturated heterocycles. The van der Waals surface area contributed by atoms with Gasteiger partial charge in [0.2, 0.25) is 0 Å². The normalized spacial score (nSPS) is 11.2. The van der Waals surface area contributed by atoms with E-state index < -0.39 is 0 Å². The molecular weight excluding hydrogens is 411 g/mol. The summed E-state index contributed by atoms with van der Waals surface area (Å²) < 4.78 is 16.5. The van der Waals surface area contributed by atoms with Gasteiger partial charge in [0.1, 0.15) is 5.82 Å². The van der Waals surface area contributed by atoms with Gasteiger partial charge in [-0.1, -0.05) is 64.1 Å². The number of imidazole rings is 1. The second-order valence-electron chi connectivity index (χ2n) is 6.01. The van der Waals surface area contributed by atoms with Crippen molar-refractivity contribution in [1.29, 1.82) is 0 Å². The smallest absolute Gasteiger partial charge is 0.169 e. The van der Waals surface area contributed by atoms with Crippen LogP contribution in [0.3, 0.4) is 0 Å². The summed E-state index contributed by atoms with van der Waals surface area (Å²) in [6.45, 7) is 0.670. The number of fused-ring (bicyclic) bond motifs is 1. The van der Waals surface area contributed by atoms with E-state index in [9.17, 15) is 4.39 Å². The van der Waals surface area contributed by atoms with Gasteiger partial charge in [-0.05, 0) is 47.5 Å². The van der Waals surface area contributed by atoms with Gasteiger partial charge in [-0.3, -0.25) is 0 Å². The van der Waals surface area contributed by atoms with Gasteiger partial charge in [-0.2, -0.15) is 0 Å². The molecule has 1 heterocycles. The van der Waals surface area contributed by atoms with Crippen LogP contribution < -0.4 is 0 Å². The molecule has 0 aliphatic heterocycles. The molecule has 0 radical (unpaired) electrons. The van der Waals surface area contributed by atoms with Crippen LogP contribution in [-0.2, 0) is 12.3 Å². The van der Waals surface area contributed by atoms with E-state index in [1.807, 2.05) is 30.3 Å². The highest BCUT2D eigenvalue weighted by Gasteiger charge is 2.12. The van der Waals surface area contributed by atoms with E-state index >= 15 is 0 Å². The topological polar surface area (TPSA) is 17.8 Å². The Hall–Kier alpha value is -2.11. The first-order valence-electron chi connectivity index (χ1n) is 8.26. The molecule has 130 valence electrons. The number of halogens is 2. The van der Waals surface area contributed by atoms with Crippen LogP contribution in [0, 0.1) is 5.82 Å². The first-order chi connectivity index (χ1) is 12.7. The lowest BCUT2D eigenvalue weighted by Gasteiger charge is -2.09. The SMILES string of the molecule is Fc1ccc(Cn2c(SCc3ccc(Br)cc3)nc3ccccc32)cc1. The van der Waals surface area contributed by atoms with Gasteiger partial charge >= 0.3 is 0 Å². The van der Waals surface area contributed by atoms with E-state index in [0.717, 1.165) is 32.0 Å². The van der Waals surface area contributed by atoms with E-state index in [1.54, 1.807) is 11.8 Å². The Morgan fingerprint density at radius 1 is 0.885 bits per heavy atom. The van der Waals surface area contributed by atoms with Crippen LogP contribution in [0.1, 0.15) is 11.1 Å². The second-order valence-corrected chi connectivity index (χ2v) is 7.87. The molecule has 0 bridgehead atoms. The van der Waals surface area contributed by atoms with Crippen molar-refractivity contribution in [2.75, 3.05) is 0 Å². The molecule has 0 aliphatic rings. The van der Waals surface area contributed by atoms with Gasteiger partial charge < -0.3 is 4.57 Å². The van der Waals surface area contributed by atoms with Crippen LogP contribution in [0.15, 0.2) is 82.4 Å². The fourth-order valence-electron chi connectivity index (χ4n) is 2.82. The van der Waals surface area contributed by atoms with Gasteiger partial charge in [0.15, 0.2) is 5.16 Å². The van der Waals surface area contributed by atoms with Gasteiger partial charge in [-0.15, -0.1) is 0 Å². The monoisotopic (exact) mass is 426 g/mol. The first-order valence-corrected chi connectivity index (χ1v) is 10.0. The summed E-state index contributed by atoms with van der Waals surface area (Å²) in [4.78, 5) is 4.80. The molecule has 1 aromatic heterocycles. The van der Waals surface area contributed by atoms with Crippen molar-refractivity contribution in [2.45, 2.75) is 17.5 Å². The molecule has 0 unspecified atom stereocenters. The van der Waals surface area contributed by atoms with Crippen molar-refractivity contribution in [3.05, 3.63) is 94.2 Å². The second kappa shape index (κ2) is 7.64. The molecule has 0 atom stereocenters. The summed E-state index contributed by atoms with van der Waals surface area (Å²) in [7, 11) is 0. The molecule has 3 aromatic carbocycles. The lowest BCUT2D eigenvalue weighted by atomic mass is 10.2. The van der Waals surface area contributed by atoms with Gasteiger partial charge in [0.05, 0.1) is 17.6 Å². The standard InChI is InChI=1S/C21H16BrFN2S/c22-17-9-5-16(6-10-17)14-26-21-24-19-3-1-2-4-20(19)25(21)13-15-7-11-18(23)12-8-15/h1-12H,13-14H2. The number of nitrogens with zero attached hydrogens (tertiary/aromatic N) is 2. The third-order valence-corrected chi connectivity index (χ3v) is 5.73. The van der Waals surface area contributed by atoms with Crippen molar-refractivity contribution in [1.82, 2.24) is 9.55 Å². The van der Waals surface area contributed by atoms with Crippen LogP contribution in [0.25, 0.3) is 11.0 Å². The minimum Gasteiger partial charge on any atom is -0.314 e. The van der Waals surface area contributed by atoms with Crippen LogP contribution in [0.4, 0.5) is 4.39 Å². The molecular formula is C21H16BrFN2S. The minimum atomic E-state index is -0.214. The summed E-state index contributed by atoms with van der Waals surface area (Å²) in [6.07, 6.45) is 0. The molecule has 4 rings (SSSR count). The lowest BCUT2D eigenvalue weighted by Crippen LogP contribution is -2.01. The quantitative estimate of drug-likeness (QED) is 0.349. The summed E-state index contributed by atoms with van der Waals surface area (Å²) in [5, 5.41) is 0.971. The molecule has 0 spiro atoms. The largest absolute Gasteiger partial charge is 0.314 e. The molecule has 0 aliphatic carbocycles. The molecule has 2 nitrogen and oxygen atoms in total. The molecule has 0 fully saturated rings. The third-order valence-electron chi connectivity index (χ3n) is 4.15. The molecule has 5 heteroatoms. The lowest BCUT2D eigenvalue weighted by molar-refractivity contribution is 0.625. The Morgan fingerprint density at radius 2 is 1.58 bits per heavy atom. The first kappa shape index (κ1) is 17.3. The zero-order chi connectivity index (χ0) is 17.9. The van der Waals surface area contributed by atoms with Crippen LogP contribution in [0.2, 0.25) is 0 Å². The van der Waals surface area contributed by atoms with Gasteiger partial charge in [0, 0.05) is 10.2 Å². The van der Waals surface area contributed by atoms with Crippen LogP contribution in [-0.4, -0.2) is 9.55 Å². The Kier molecular flexibility index (Phi) is 5.09. The number of aromatic nitrogens is 2. The van der Waals surface area contributed by atoms with E-state index in [0.29, 0.717) is 6.54 Å². The maximum Gasteiger partial charge on any atom is 0.169 e. The van der Waals surface area contributed by atoms with Crippen molar-refractivity contribution in [3.8, 4) is 0 Å². The van der Waals surface area contributed by atoms with E-state index in [4.69, 9.17) is 4.98 Å². The average molecular weight is 427 g/mol. The van der Waals surface area contributed by atoms with Crippen LogP contribution in [0.5, 0.6) is 0 Å². The summed E-state index contributed by atoms with van der Waals surface area (Å²) in [5.41, 5.74) is 4.38. The fourth-order valence-corrected chi connectivity index (χ4v) is 4.05. The van der Waals surface area contributed by atoms with Crippen LogP contribution >= 0.6 is 27.7 Å². The molecule has 4 aromatic rings. The maximum atomic E-state index is 13.2. The Labute approximate surface area is 164 Å². The molecule has 0 saturated carbocycles. The Morgan fingerprint density at radius 3 is 2.35 bits per heavy atom. The predicted octanol–water partition coefficient (Wildman–Crippen LogP) is 6.28. The Balaban J connectivity index is 1.64. The molecule has 0 amide bonds. The molecule has 0 N–H and O–H groups in total. The zero-order valence-electron chi connectivity index (χ0n) is 13.9. The van der Waals surface area contributed by atoms with Crippen molar-refractivity contribution < 1.29 is 4.39 Å². The maximum absolute atomic E-state index is 13.2. The predicted molar refractivity (Wildman–Crippen MR) is 109 cm³/mol. The summed E-state index contributed by atoms with van der Waals surface area (Å²) in [5.74, 6) is 0.633. The number of para-hydroxylation sites is 2. The number of benzene rings is 3. The zero-order valence-corrected chi connectivity index (χ0v) is 16.3. The highest BCUT2D eigenvalue weighted by atomic mass is 79.9. The Bertz CT molecular complexity index is 1030. The van der Waals surface area contributed by atoms with E-state index in [2.05, 4.69) is 50.8 Å². The highest BCUT2D eigenvalue weighted by Crippen LogP contribution is 2.28. The van der Waals surface area contributed by atoms with E-state index in [-0.39, 0.29) is 5.82 Å². The fraction of sp³-hybridized carbons (Fsp3) is 0.0952. The van der Waals surface area contributed by atoms with Gasteiger partial charge in [-0.25, -0.2) is 9.37 Å². The molecule has 26 heavy (non-hydrogen) atoms. The van der Waals surface area contributed by atoms with Crippen molar-refractivity contribution >= 4 is 38.7 Å². The summed E-state index contributed by atoms with van der Waals surface area (Å²) >= 11 is 5.19. The van der Waals surface area contributed by atoms with E-state index in [1.165, 1.54) is 17.7 Å². The average Bonchev–Trinajstić information content (AvgIpc) is 3.01.